The fourth-order valence-electron chi connectivity index (χ4n) is 3.02. The molecule has 6 heteroatoms. The van der Waals surface area contributed by atoms with Gasteiger partial charge < -0.3 is 10.2 Å². The highest BCUT2D eigenvalue weighted by Gasteiger charge is 2.13. The molecule has 0 spiro atoms. The topological polar surface area (TPSA) is 75.5 Å². The summed E-state index contributed by atoms with van der Waals surface area (Å²) >= 11 is 0. The maximum Gasteiger partial charge on any atom is 0.270 e. The molecule has 0 fully saturated rings. The van der Waals surface area contributed by atoms with Gasteiger partial charge in [-0.05, 0) is 48.9 Å². The van der Waals surface area contributed by atoms with Gasteiger partial charge in [0.1, 0.15) is 0 Å². The van der Waals surface area contributed by atoms with Crippen LogP contribution in [0.1, 0.15) is 30.1 Å². The average molecular weight is 389 g/mol. The first-order valence-corrected chi connectivity index (χ1v) is 9.57. The standard InChI is InChI=1S/C23H23N3O3/c1-2-3-16-25(20-9-5-4-6-10-20)21-14-12-19(13-15-21)24-23(27)18-8-7-11-22(17-18)26(28)29/h4-15,17H,2-3,16H2,1H3,(H,24,27). The van der Waals surface area contributed by atoms with Crippen LogP contribution in [0.3, 0.4) is 0 Å². The van der Waals surface area contributed by atoms with Crippen molar-refractivity contribution in [3.63, 3.8) is 0 Å². The van der Waals surface area contributed by atoms with Crippen LogP contribution in [-0.4, -0.2) is 17.4 Å². The minimum absolute atomic E-state index is 0.109. The van der Waals surface area contributed by atoms with Crippen molar-refractivity contribution in [2.45, 2.75) is 19.8 Å². The van der Waals surface area contributed by atoms with Gasteiger partial charge in [-0.3, -0.25) is 14.9 Å². The van der Waals surface area contributed by atoms with Crippen LogP contribution < -0.4 is 10.2 Å². The molecule has 1 N–H and O–H groups in total. The van der Waals surface area contributed by atoms with Gasteiger partial charge in [0.15, 0.2) is 0 Å². The monoisotopic (exact) mass is 389 g/mol. The zero-order valence-corrected chi connectivity index (χ0v) is 16.2. The molecule has 3 aromatic carbocycles. The summed E-state index contributed by atoms with van der Waals surface area (Å²) in [6.07, 6.45) is 2.17. The van der Waals surface area contributed by atoms with Crippen molar-refractivity contribution in [1.82, 2.24) is 0 Å². The fraction of sp³-hybridized carbons (Fsp3) is 0.174. The molecular formula is C23H23N3O3. The zero-order chi connectivity index (χ0) is 20.6. The van der Waals surface area contributed by atoms with E-state index in [0.29, 0.717) is 5.69 Å². The van der Waals surface area contributed by atoms with E-state index < -0.39 is 4.92 Å². The Hall–Kier alpha value is -3.67. The number of nitrogens with one attached hydrogen (secondary N) is 1. The number of unbranched alkanes of at least 4 members (excludes halogenated alkanes) is 1. The van der Waals surface area contributed by atoms with Crippen molar-refractivity contribution in [1.29, 1.82) is 0 Å². The third-order valence-electron chi connectivity index (χ3n) is 4.56. The van der Waals surface area contributed by atoms with Crippen molar-refractivity contribution in [3.8, 4) is 0 Å². The van der Waals surface area contributed by atoms with Crippen LogP contribution in [0.5, 0.6) is 0 Å². The smallest absolute Gasteiger partial charge is 0.270 e. The molecule has 0 heterocycles. The molecule has 0 radical (unpaired) electrons. The lowest BCUT2D eigenvalue weighted by atomic mass is 10.1. The zero-order valence-electron chi connectivity index (χ0n) is 16.2. The van der Waals surface area contributed by atoms with Gasteiger partial charge in [-0.1, -0.05) is 37.6 Å². The molecule has 0 aliphatic heterocycles. The van der Waals surface area contributed by atoms with Crippen LogP contribution in [0.25, 0.3) is 0 Å². The summed E-state index contributed by atoms with van der Waals surface area (Å²) in [5.74, 6) is -0.382. The second-order valence-corrected chi connectivity index (χ2v) is 6.65. The molecule has 0 saturated carbocycles. The number of hydrogen-bond donors (Lipinski definition) is 1. The molecule has 0 saturated heterocycles. The van der Waals surface area contributed by atoms with Gasteiger partial charge in [0, 0.05) is 41.3 Å². The molecule has 0 atom stereocenters. The first-order chi connectivity index (χ1) is 14.1. The molecular weight excluding hydrogens is 366 g/mol. The van der Waals surface area contributed by atoms with Gasteiger partial charge in [-0.2, -0.15) is 0 Å². The number of carbonyl (C=O) groups excluding carboxylic acids is 1. The Balaban J connectivity index is 1.75. The number of nitro benzene ring substituents is 1. The Labute approximate surface area is 169 Å². The lowest BCUT2D eigenvalue weighted by Crippen LogP contribution is -2.18. The first kappa shape index (κ1) is 20.1. The van der Waals surface area contributed by atoms with Crippen LogP contribution >= 0.6 is 0 Å². The number of amides is 1. The van der Waals surface area contributed by atoms with Crippen molar-refractivity contribution >= 4 is 28.7 Å². The fourth-order valence-corrected chi connectivity index (χ4v) is 3.02. The summed E-state index contributed by atoms with van der Waals surface area (Å²) in [6, 6.07) is 23.5. The number of nitro groups is 1. The van der Waals surface area contributed by atoms with Crippen molar-refractivity contribution < 1.29 is 9.72 Å². The van der Waals surface area contributed by atoms with Crippen LogP contribution in [0, 0.1) is 10.1 Å². The van der Waals surface area contributed by atoms with Crippen molar-refractivity contribution in [2.75, 3.05) is 16.8 Å². The first-order valence-electron chi connectivity index (χ1n) is 9.57. The van der Waals surface area contributed by atoms with Crippen molar-refractivity contribution in [3.05, 3.63) is 94.5 Å². The number of carbonyl (C=O) groups is 1. The van der Waals surface area contributed by atoms with Crippen LogP contribution in [0.2, 0.25) is 0 Å². The Morgan fingerprint density at radius 1 is 0.966 bits per heavy atom. The van der Waals surface area contributed by atoms with Gasteiger partial charge in [0.2, 0.25) is 0 Å². The van der Waals surface area contributed by atoms with E-state index in [2.05, 4.69) is 29.3 Å². The molecule has 29 heavy (non-hydrogen) atoms. The summed E-state index contributed by atoms with van der Waals surface area (Å²) in [4.78, 5) is 25.1. The summed E-state index contributed by atoms with van der Waals surface area (Å²) in [5, 5.41) is 13.7. The van der Waals surface area contributed by atoms with E-state index >= 15 is 0 Å². The summed E-state index contributed by atoms with van der Waals surface area (Å²) in [5.41, 5.74) is 2.93. The van der Waals surface area contributed by atoms with E-state index in [1.807, 2.05) is 42.5 Å². The lowest BCUT2D eigenvalue weighted by Gasteiger charge is -2.25. The van der Waals surface area contributed by atoms with E-state index in [1.165, 1.54) is 18.2 Å². The molecule has 148 valence electrons. The third kappa shape index (κ3) is 5.19. The van der Waals surface area contributed by atoms with Gasteiger partial charge >= 0.3 is 0 Å². The summed E-state index contributed by atoms with van der Waals surface area (Å²) in [6.45, 7) is 3.07. The quantitative estimate of drug-likeness (QED) is 0.391. The van der Waals surface area contributed by atoms with Gasteiger partial charge in [0.25, 0.3) is 11.6 Å². The highest BCUT2D eigenvalue weighted by atomic mass is 16.6. The highest BCUT2D eigenvalue weighted by Crippen LogP contribution is 2.27. The Kier molecular flexibility index (Phi) is 6.58. The van der Waals surface area contributed by atoms with E-state index in [1.54, 1.807) is 6.07 Å². The molecule has 1 amide bonds. The minimum atomic E-state index is -0.514. The Morgan fingerprint density at radius 3 is 2.31 bits per heavy atom. The molecule has 0 aliphatic carbocycles. The predicted octanol–water partition coefficient (Wildman–Crippen LogP) is 5.79. The summed E-state index contributed by atoms with van der Waals surface area (Å²) < 4.78 is 0. The number of rotatable bonds is 8. The number of nitrogens with zero attached hydrogens (tertiary/aromatic N) is 2. The van der Waals surface area contributed by atoms with Crippen LogP contribution in [-0.2, 0) is 0 Å². The molecule has 3 aromatic rings. The normalized spacial score (nSPS) is 10.4. The Bertz CT molecular complexity index is 972. The van der Waals surface area contributed by atoms with Crippen LogP contribution in [0.4, 0.5) is 22.7 Å². The maximum absolute atomic E-state index is 12.4. The molecule has 0 bridgehead atoms. The SMILES string of the molecule is CCCCN(c1ccccc1)c1ccc(NC(=O)c2cccc([N+](=O)[O-])c2)cc1. The third-order valence-corrected chi connectivity index (χ3v) is 4.56. The second kappa shape index (κ2) is 9.50. The average Bonchev–Trinajstić information content (AvgIpc) is 2.76. The number of benzene rings is 3. The van der Waals surface area contributed by atoms with E-state index in [0.717, 1.165) is 30.8 Å². The number of anilines is 3. The summed E-state index contributed by atoms with van der Waals surface area (Å²) in [7, 11) is 0. The Morgan fingerprint density at radius 2 is 1.66 bits per heavy atom. The lowest BCUT2D eigenvalue weighted by molar-refractivity contribution is -0.384. The number of non-ortho nitro benzene ring substituents is 1. The second-order valence-electron chi connectivity index (χ2n) is 6.65. The number of para-hydroxylation sites is 1. The molecule has 0 aliphatic rings. The molecule has 0 unspecified atom stereocenters. The maximum atomic E-state index is 12.4. The van der Waals surface area contributed by atoms with E-state index in [4.69, 9.17) is 0 Å². The number of hydrogen-bond acceptors (Lipinski definition) is 4. The van der Waals surface area contributed by atoms with Gasteiger partial charge in [0.05, 0.1) is 4.92 Å². The highest BCUT2D eigenvalue weighted by molar-refractivity contribution is 6.04. The molecule has 6 nitrogen and oxygen atoms in total. The van der Waals surface area contributed by atoms with E-state index in [9.17, 15) is 14.9 Å². The van der Waals surface area contributed by atoms with Gasteiger partial charge in [-0.25, -0.2) is 0 Å². The largest absolute Gasteiger partial charge is 0.341 e. The minimum Gasteiger partial charge on any atom is -0.341 e. The predicted molar refractivity (Wildman–Crippen MR) is 116 cm³/mol. The molecule has 3 rings (SSSR count). The van der Waals surface area contributed by atoms with E-state index in [-0.39, 0.29) is 17.2 Å². The van der Waals surface area contributed by atoms with Crippen molar-refractivity contribution in [2.24, 2.45) is 0 Å². The van der Waals surface area contributed by atoms with Gasteiger partial charge in [-0.15, -0.1) is 0 Å². The molecule has 0 aromatic heterocycles. The van der Waals surface area contributed by atoms with Crippen LogP contribution in [0.15, 0.2) is 78.9 Å².